The minimum atomic E-state index is 0.119. The van der Waals surface area contributed by atoms with Crippen molar-refractivity contribution in [3.8, 4) is 5.75 Å². The van der Waals surface area contributed by atoms with E-state index in [0.29, 0.717) is 18.9 Å². The van der Waals surface area contributed by atoms with Crippen molar-refractivity contribution < 1.29 is 14.3 Å². The number of carbonyl (C=O) groups excluding carboxylic acids is 2. The van der Waals surface area contributed by atoms with Gasteiger partial charge in [-0.3, -0.25) is 9.59 Å². The Morgan fingerprint density at radius 1 is 0.966 bits per heavy atom. The number of benzene rings is 1. The molecule has 2 saturated heterocycles. The Labute approximate surface area is 176 Å². The monoisotopic (exact) mass is 412 g/mol. The molecule has 2 fully saturated rings. The number of hydrogen-bond donors (Lipinski definition) is 0. The first-order valence-electron chi connectivity index (χ1n) is 10.5. The maximum absolute atomic E-state index is 12.4. The van der Waals surface area contributed by atoms with Crippen LogP contribution in [-0.4, -0.2) is 54.4 Å². The Morgan fingerprint density at radius 3 is 2.34 bits per heavy atom. The summed E-state index contributed by atoms with van der Waals surface area (Å²) in [5.41, 5.74) is 0.733. The lowest BCUT2D eigenvalue weighted by Gasteiger charge is -2.32. The number of hydrogen-bond acceptors (Lipinski definition) is 4. The maximum Gasteiger partial charge on any atom is 0.253 e. The summed E-state index contributed by atoms with van der Waals surface area (Å²) >= 11 is 1.64. The minimum Gasteiger partial charge on any atom is -0.493 e. The summed E-state index contributed by atoms with van der Waals surface area (Å²) in [6.45, 7) is 4.01. The zero-order chi connectivity index (χ0) is 20.1. The van der Waals surface area contributed by atoms with E-state index in [2.05, 4.69) is 0 Å². The van der Waals surface area contributed by atoms with E-state index in [4.69, 9.17) is 4.74 Å². The van der Waals surface area contributed by atoms with Gasteiger partial charge in [0.1, 0.15) is 5.75 Å². The molecule has 0 radical (unpaired) electrons. The second kappa shape index (κ2) is 9.44. The summed E-state index contributed by atoms with van der Waals surface area (Å²) in [6.07, 6.45) is 4.67. The van der Waals surface area contributed by atoms with E-state index in [0.717, 1.165) is 68.1 Å². The number of rotatable bonds is 6. The quantitative estimate of drug-likeness (QED) is 0.724. The zero-order valence-electron chi connectivity index (χ0n) is 16.7. The molecule has 0 bridgehead atoms. The molecule has 0 saturated carbocycles. The molecule has 2 amide bonds. The fourth-order valence-electron chi connectivity index (χ4n) is 4.03. The second-order valence-electron chi connectivity index (χ2n) is 7.91. The number of amides is 2. The van der Waals surface area contributed by atoms with E-state index in [-0.39, 0.29) is 11.8 Å². The van der Waals surface area contributed by atoms with Crippen LogP contribution in [0, 0.1) is 5.92 Å². The van der Waals surface area contributed by atoms with Crippen LogP contribution in [0.1, 0.15) is 40.9 Å². The lowest BCUT2D eigenvalue weighted by atomic mass is 9.97. The average Bonchev–Trinajstić information content (AvgIpc) is 3.47. The van der Waals surface area contributed by atoms with Gasteiger partial charge in [-0.15, -0.1) is 11.3 Å². The third kappa shape index (κ3) is 5.18. The molecule has 0 atom stereocenters. The number of carbonyl (C=O) groups is 2. The van der Waals surface area contributed by atoms with E-state index >= 15 is 0 Å². The highest BCUT2D eigenvalue weighted by molar-refractivity contribution is 7.10. The minimum absolute atomic E-state index is 0.119. The summed E-state index contributed by atoms with van der Waals surface area (Å²) in [5.74, 6) is 1.62. The van der Waals surface area contributed by atoms with Crippen molar-refractivity contribution in [2.24, 2.45) is 5.92 Å². The summed E-state index contributed by atoms with van der Waals surface area (Å²) in [6, 6.07) is 11.5. The highest BCUT2D eigenvalue weighted by Crippen LogP contribution is 2.22. The zero-order valence-corrected chi connectivity index (χ0v) is 17.5. The molecule has 5 nitrogen and oxygen atoms in total. The fourth-order valence-corrected chi connectivity index (χ4v) is 4.73. The van der Waals surface area contributed by atoms with Crippen LogP contribution in [0.4, 0.5) is 0 Å². The van der Waals surface area contributed by atoms with Crippen LogP contribution in [0.5, 0.6) is 5.75 Å². The van der Waals surface area contributed by atoms with E-state index in [1.54, 1.807) is 11.3 Å². The first-order valence-corrected chi connectivity index (χ1v) is 11.4. The topological polar surface area (TPSA) is 49.9 Å². The van der Waals surface area contributed by atoms with Gasteiger partial charge < -0.3 is 14.5 Å². The molecule has 0 N–H and O–H groups in total. The molecule has 154 valence electrons. The van der Waals surface area contributed by atoms with Crippen molar-refractivity contribution in [2.75, 3.05) is 32.8 Å². The van der Waals surface area contributed by atoms with Crippen molar-refractivity contribution >= 4 is 23.2 Å². The van der Waals surface area contributed by atoms with Crippen LogP contribution < -0.4 is 4.74 Å². The lowest BCUT2D eigenvalue weighted by molar-refractivity contribution is -0.131. The standard InChI is InChI=1S/C23H28N2O3S/c26-22(16-21-4-3-15-29-21)24-13-9-18(10-14-24)17-28-20-7-5-19(6-8-20)23(27)25-11-1-2-12-25/h3-8,15,18H,1-2,9-14,16-17H2. The molecule has 1 aromatic heterocycles. The number of nitrogens with zero attached hydrogens (tertiary/aromatic N) is 2. The first-order chi connectivity index (χ1) is 14.2. The van der Waals surface area contributed by atoms with Gasteiger partial charge in [0.05, 0.1) is 13.0 Å². The molecule has 2 aliphatic heterocycles. The van der Waals surface area contributed by atoms with Crippen LogP contribution in [0.25, 0.3) is 0 Å². The highest BCUT2D eigenvalue weighted by atomic mass is 32.1. The van der Waals surface area contributed by atoms with Crippen molar-refractivity contribution in [2.45, 2.75) is 32.1 Å². The number of thiophene rings is 1. The largest absolute Gasteiger partial charge is 0.493 e. The molecular formula is C23H28N2O3S. The fraction of sp³-hybridized carbons (Fsp3) is 0.478. The number of piperidine rings is 1. The molecule has 29 heavy (non-hydrogen) atoms. The van der Waals surface area contributed by atoms with Gasteiger partial charge >= 0.3 is 0 Å². The Morgan fingerprint density at radius 2 is 1.69 bits per heavy atom. The van der Waals surface area contributed by atoms with Crippen molar-refractivity contribution in [1.29, 1.82) is 0 Å². The van der Waals surface area contributed by atoms with Gasteiger partial charge in [0.25, 0.3) is 5.91 Å². The van der Waals surface area contributed by atoms with Gasteiger partial charge in [0.15, 0.2) is 0 Å². The molecule has 2 aliphatic rings. The third-order valence-corrected chi connectivity index (χ3v) is 6.73. The molecule has 0 aliphatic carbocycles. The van der Waals surface area contributed by atoms with Crippen molar-refractivity contribution in [3.63, 3.8) is 0 Å². The molecule has 2 aromatic rings. The molecule has 3 heterocycles. The van der Waals surface area contributed by atoms with Gasteiger partial charge in [0, 0.05) is 36.6 Å². The Bertz CT molecular complexity index is 805. The summed E-state index contributed by atoms with van der Waals surface area (Å²) < 4.78 is 5.96. The second-order valence-corrected chi connectivity index (χ2v) is 8.95. The molecule has 4 rings (SSSR count). The number of ether oxygens (including phenoxy) is 1. The molecule has 0 unspecified atom stereocenters. The lowest BCUT2D eigenvalue weighted by Crippen LogP contribution is -2.40. The van der Waals surface area contributed by atoms with Crippen molar-refractivity contribution in [1.82, 2.24) is 9.80 Å². The Hall–Kier alpha value is -2.34. The number of likely N-dealkylation sites (tertiary alicyclic amines) is 2. The summed E-state index contributed by atoms with van der Waals surface area (Å²) in [4.78, 5) is 29.8. The first kappa shape index (κ1) is 20.0. The Balaban J connectivity index is 1.20. The van der Waals surface area contributed by atoms with Gasteiger partial charge in [-0.05, 0) is 67.3 Å². The van der Waals surface area contributed by atoms with Crippen molar-refractivity contribution in [3.05, 3.63) is 52.2 Å². The predicted molar refractivity (Wildman–Crippen MR) is 114 cm³/mol. The van der Waals surface area contributed by atoms with Crippen LogP contribution >= 0.6 is 11.3 Å². The van der Waals surface area contributed by atoms with Crippen LogP contribution in [0.3, 0.4) is 0 Å². The Kier molecular flexibility index (Phi) is 6.49. The third-order valence-electron chi connectivity index (χ3n) is 5.85. The van der Waals surface area contributed by atoms with E-state index in [1.807, 2.05) is 51.6 Å². The summed E-state index contributed by atoms with van der Waals surface area (Å²) in [7, 11) is 0. The summed E-state index contributed by atoms with van der Waals surface area (Å²) in [5, 5.41) is 2.01. The molecule has 1 aromatic carbocycles. The van der Waals surface area contributed by atoms with E-state index in [9.17, 15) is 9.59 Å². The van der Waals surface area contributed by atoms with Gasteiger partial charge in [0.2, 0.25) is 5.91 Å². The smallest absolute Gasteiger partial charge is 0.253 e. The van der Waals surface area contributed by atoms with Gasteiger partial charge in [-0.25, -0.2) is 0 Å². The average molecular weight is 413 g/mol. The maximum atomic E-state index is 12.4. The van der Waals surface area contributed by atoms with Gasteiger partial charge in [-0.1, -0.05) is 6.07 Å². The van der Waals surface area contributed by atoms with Crippen LogP contribution in [-0.2, 0) is 11.2 Å². The molecule has 0 spiro atoms. The predicted octanol–water partition coefficient (Wildman–Crippen LogP) is 3.84. The highest BCUT2D eigenvalue weighted by Gasteiger charge is 2.24. The van der Waals surface area contributed by atoms with Gasteiger partial charge in [-0.2, -0.15) is 0 Å². The van der Waals surface area contributed by atoms with Crippen LogP contribution in [0.15, 0.2) is 41.8 Å². The van der Waals surface area contributed by atoms with E-state index < -0.39 is 0 Å². The molecule has 6 heteroatoms. The van der Waals surface area contributed by atoms with Crippen LogP contribution in [0.2, 0.25) is 0 Å². The van der Waals surface area contributed by atoms with E-state index in [1.165, 1.54) is 0 Å². The normalized spacial score (nSPS) is 17.5. The molecular weight excluding hydrogens is 384 g/mol. The SMILES string of the molecule is O=C(Cc1cccs1)N1CCC(COc2ccc(C(=O)N3CCCC3)cc2)CC1.